The Hall–Kier alpha value is -2.15. The summed E-state index contributed by atoms with van der Waals surface area (Å²) >= 11 is 18.1. The van der Waals surface area contributed by atoms with Crippen LogP contribution in [0.3, 0.4) is 0 Å². The van der Waals surface area contributed by atoms with Gasteiger partial charge in [-0.3, -0.25) is 9.59 Å². The van der Waals surface area contributed by atoms with Crippen LogP contribution in [0.1, 0.15) is 36.5 Å². The summed E-state index contributed by atoms with van der Waals surface area (Å²) in [4.78, 5) is 26.9. The maximum Gasteiger partial charge on any atom is 0.260 e. The van der Waals surface area contributed by atoms with Crippen molar-refractivity contribution >= 4 is 52.3 Å². The Balaban J connectivity index is 1.71. The van der Waals surface area contributed by atoms with Crippen molar-refractivity contribution in [3.8, 4) is 11.5 Å². The van der Waals surface area contributed by atoms with Crippen LogP contribution in [-0.2, 0) is 4.79 Å². The molecule has 1 N–H and O–H groups in total. The summed E-state index contributed by atoms with van der Waals surface area (Å²) in [5, 5.41) is 3.54. The number of hydrogen-bond donors (Lipinski definition) is 1. The molecule has 0 atom stereocenters. The second-order valence-electron chi connectivity index (χ2n) is 7.02. The van der Waals surface area contributed by atoms with E-state index in [0.717, 1.165) is 32.4 Å². The molecule has 1 saturated heterocycles. The molecule has 0 unspecified atom stereocenters. The predicted octanol–water partition coefficient (Wildman–Crippen LogP) is 5.69. The standard InChI is InChI=1S/C22H23Cl3N2O4/c1-2-30-20-10-14(22(29)26-18-12-16(24)15(23)11-17(18)25)6-7-19(20)31-13-21(28)27-8-4-3-5-9-27/h6-7,10-12H,2-5,8-9,13H2,1H3,(H,26,29). The number of nitrogens with zero attached hydrogens (tertiary/aromatic N) is 1. The molecule has 0 bridgehead atoms. The molecule has 2 aromatic carbocycles. The fourth-order valence-electron chi connectivity index (χ4n) is 3.22. The molecule has 31 heavy (non-hydrogen) atoms. The molecule has 0 spiro atoms. The lowest BCUT2D eigenvalue weighted by atomic mass is 10.1. The zero-order valence-corrected chi connectivity index (χ0v) is 19.3. The minimum Gasteiger partial charge on any atom is -0.490 e. The lowest BCUT2D eigenvalue weighted by Crippen LogP contribution is -2.38. The zero-order valence-electron chi connectivity index (χ0n) is 17.1. The Bertz CT molecular complexity index is 962. The van der Waals surface area contributed by atoms with Crippen molar-refractivity contribution < 1.29 is 19.1 Å². The van der Waals surface area contributed by atoms with E-state index in [2.05, 4.69) is 5.32 Å². The number of carbonyl (C=O) groups is 2. The fraction of sp³-hybridized carbons (Fsp3) is 0.364. The van der Waals surface area contributed by atoms with Gasteiger partial charge in [0.25, 0.3) is 11.8 Å². The number of ether oxygens (including phenoxy) is 2. The van der Waals surface area contributed by atoms with Crippen molar-refractivity contribution in [1.82, 2.24) is 4.90 Å². The van der Waals surface area contributed by atoms with Gasteiger partial charge in [0.1, 0.15) is 0 Å². The molecule has 166 valence electrons. The van der Waals surface area contributed by atoms with Gasteiger partial charge in [-0.1, -0.05) is 34.8 Å². The van der Waals surface area contributed by atoms with Gasteiger partial charge in [0.2, 0.25) is 0 Å². The van der Waals surface area contributed by atoms with E-state index in [1.165, 1.54) is 12.1 Å². The summed E-state index contributed by atoms with van der Waals surface area (Å²) in [7, 11) is 0. The van der Waals surface area contributed by atoms with Crippen LogP contribution in [-0.4, -0.2) is 43.0 Å². The Kier molecular flexibility index (Phi) is 8.29. The number of halogens is 3. The van der Waals surface area contributed by atoms with Crippen LogP contribution in [0, 0.1) is 0 Å². The Labute approximate surface area is 196 Å². The number of piperidine rings is 1. The van der Waals surface area contributed by atoms with Gasteiger partial charge in [0.15, 0.2) is 18.1 Å². The highest BCUT2D eigenvalue weighted by Gasteiger charge is 2.19. The molecule has 1 fully saturated rings. The van der Waals surface area contributed by atoms with Crippen molar-refractivity contribution in [1.29, 1.82) is 0 Å². The molecule has 1 aliphatic heterocycles. The van der Waals surface area contributed by atoms with E-state index in [4.69, 9.17) is 44.3 Å². The Morgan fingerprint density at radius 2 is 1.65 bits per heavy atom. The highest BCUT2D eigenvalue weighted by molar-refractivity contribution is 6.44. The van der Waals surface area contributed by atoms with Gasteiger partial charge in [0, 0.05) is 18.7 Å². The number of anilines is 1. The molecular weight excluding hydrogens is 463 g/mol. The number of amides is 2. The summed E-state index contributed by atoms with van der Waals surface area (Å²) in [6.45, 7) is 3.64. The third-order valence-electron chi connectivity index (χ3n) is 4.82. The smallest absolute Gasteiger partial charge is 0.260 e. The van der Waals surface area contributed by atoms with Crippen LogP contribution in [0.25, 0.3) is 0 Å². The predicted molar refractivity (Wildman–Crippen MR) is 123 cm³/mol. The van der Waals surface area contributed by atoms with E-state index in [9.17, 15) is 9.59 Å². The molecule has 2 aromatic rings. The molecule has 0 radical (unpaired) electrons. The first-order valence-corrected chi connectivity index (χ1v) is 11.2. The molecule has 0 aliphatic carbocycles. The number of hydrogen-bond acceptors (Lipinski definition) is 4. The molecule has 0 aromatic heterocycles. The van der Waals surface area contributed by atoms with Crippen molar-refractivity contribution in [3.05, 3.63) is 51.0 Å². The highest BCUT2D eigenvalue weighted by atomic mass is 35.5. The zero-order chi connectivity index (χ0) is 22.4. The van der Waals surface area contributed by atoms with Crippen LogP contribution in [0.4, 0.5) is 5.69 Å². The van der Waals surface area contributed by atoms with Crippen LogP contribution in [0.15, 0.2) is 30.3 Å². The minimum absolute atomic E-state index is 0.0572. The summed E-state index contributed by atoms with van der Waals surface area (Å²) in [5.41, 5.74) is 0.673. The summed E-state index contributed by atoms with van der Waals surface area (Å²) < 4.78 is 11.3. The van der Waals surface area contributed by atoms with Gasteiger partial charge in [0.05, 0.1) is 27.4 Å². The Morgan fingerprint density at radius 1 is 0.935 bits per heavy atom. The number of carbonyl (C=O) groups excluding carboxylic acids is 2. The second kappa shape index (κ2) is 10.9. The number of likely N-dealkylation sites (tertiary alicyclic amines) is 1. The quantitative estimate of drug-likeness (QED) is 0.512. The lowest BCUT2D eigenvalue weighted by molar-refractivity contribution is -0.134. The summed E-state index contributed by atoms with van der Waals surface area (Å²) in [6, 6.07) is 7.70. The normalized spacial score (nSPS) is 13.6. The number of rotatable bonds is 7. The molecular formula is C22H23Cl3N2O4. The largest absolute Gasteiger partial charge is 0.490 e. The maximum atomic E-state index is 12.7. The van der Waals surface area contributed by atoms with Gasteiger partial charge in [-0.25, -0.2) is 0 Å². The maximum absolute atomic E-state index is 12.7. The van der Waals surface area contributed by atoms with Crippen molar-refractivity contribution in [3.63, 3.8) is 0 Å². The average Bonchev–Trinajstić information content (AvgIpc) is 2.77. The molecule has 1 heterocycles. The van der Waals surface area contributed by atoms with Gasteiger partial charge in [-0.05, 0) is 56.5 Å². The van der Waals surface area contributed by atoms with Crippen molar-refractivity contribution in [2.75, 3.05) is 31.6 Å². The third-order valence-corrected chi connectivity index (χ3v) is 5.86. The van der Waals surface area contributed by atoms with Gasteiger partial charge < -0.3 is 19.7 Å². The van der Waals surface area contributed by atoms with Crippen LogP contribution < -0.4 is 14.8 Å². The monoisotopic (exact) mass is 484 g/mol. The first-order valence-electron chi connectivity index (χ1n) is 10.0. The van der Waals surface area contributed by atoms with Gasteiger partial charge in [-0.2, -0.15) is 0 Å². The van der Waals surface area contributed by atoms with Gasteiger partial charge in [-0.15, -0.1) is 0 Å². The van der Waals surface area contributed by atoms with Crippen molar-refractivity contribution in [2.45, 2.75) is 26.2 Å². The molecule has 6 nitrogen and oxygen atoms in total. The highest BCUT2D eigenvalue weighted by Crippen LogP contribution is 2.33. The summed E-state index contributed by atoms with van der Waals surface area (Å²) in [6.07, 6.45) is 3.18. The van der Waals surface area contributed by atoms with E-state index in [1.807, 2.05) is 11.8 Å². The number of benzene rings is 2. The summed E-state index contributed by atoms with van der Waals surface area (Å²) in [5.74, 6) is 0.313. The lowest BCUT2D eigenvalue weighted by Gasteiger charge is -2.26. The van der Waals surface area contributed by atoms with Crippen LogP contribution in [0.5, 0.6) is 11.5 Å². The second-order valence-corrected chi connectivity index (χ2v) is 8.25. The van der Waals surface area contributed by atoms with E-state index < -0.39 is 5.91 Å². The molecule has 2 amide bonds. The van der Waals surface area contributed by atoms with E-state index >= 15 is 0 Å². The van der Waals surface area contributed by atoms with Gasteiger partial charge >= 0.3 is 0 Å². The SMILES string of the molecule is CCOc1cc(C(=O)Nc2cc(Cl)c(Cl)cc2Cl)ccc1OCC(=O)N1CCCCC1. The molecule has 3 rings (SSSR count). The minimum atomic E-state index is -0.405. The molecule has 9 heteroatoms. The fourth-order valence-corrected chi connectivity index (χ4v) is 3.82. The third kappa shape index (κ3) is 6.19. The Morgan fingerprint density at radius 3 is 2.35 bits per heavy atom. The molecule has 0 saturated carbocycles. The van der Waals surface area contributed by atoms with Crippen LogP contribution >= 0.6 is 34.8 Å². The van der Waals surface area contributed by atoms with E-state index in [-0.39, 0.29) is 22.6 Å². The number of nitrogens with one attached hydrogen (secondary N) is 1. The van der Waals surface area contributed by atoms with Crippen molar-refractivity contribution in [2.24, 2.45) is 0 Å². The van der Waals surface area contributed by atoms with E-state index in [1.54, 1.807) is 18.2 Å². The average molecular weight is 486 g/mol. The first-order chi connectivity index (χ1) is 14.9. The van der Waals surface area contributed by atoms with E-state index in [0.29, 0.717) is 34.4 Å². The van der Waals surface area contributed by atoms with Crippen LogP contribution in [0.2, 0.25) is 15.1 Å². The topological polar surface area (TPSA) is 67.9 Å². The first kappa shape index (κ1) is 23.5. The molecule has 1 aliphatic rings.